The molecule has 0 amide bonds. The van der Waals surface area contributed by atoms with Gasteiger partial charge < -0.3 is 4.98 Å². The third-order valence-corrected chi connectivity index (χ3v) is 7.43. The monoisotopic (exact) mass is 426 g/mol. The summed E-state index contributed by atoms with van der Waals surface area (Å²) >= 11 is 23.7. The molecular weight excluding hydrogens is 423 g/mol. The second-order valence-corrected chi connectivity index (χ2v) is 11.0. The first-order valence-corrected chi connectivity index (χ1v) is 7.47. The van der Waals surface area contributed by atoms with E-state index in [4.69, 9.17) is 23.2 Å². The van der Waals surface area contributed by atoms with E-state index in [0.29, 0.717) is 4.77 Å². The topological polar surface area (TPSA) is 48.6 Å². The maximum absolute atomic E-state index is 10.6. The first-order valence-electron chi connectivity index (χ1n) is 3.90. The van der Waals surface area contributed by atoms with E-state index in [0.717, 1.165) is 5.69 Å². The number of alkyl halides is 4. The van der Waals surface area contributed by atoms with Crippen LogP contribution in [-0.4, -0.2) is 16.2 Å². The van der Waals surface area contributed by atoms with Crippen molar-refractivity contribution >= 4 is 79.0 Å². The number of nitrogens with one attached hydrogen (secondary N) is 2. The van der Waals surface area contributed by atoms with Crippen molar-refractivity contribution in [3.8, 4) is 0 Å². The molecule has 0 atom stereocenters. The Morgan fingerprint density at radius 1 is 1.44 bits per heavy atom. The number of hydrogen-bond acceptors (Lipinski definition) is 3. The van der Waals surface area contributed by atoms with Crippen LogP contribution < -0.4 is 5.56 Å². The molecule has 0 aromatic carbocycles. The molecule has 2 rings (SSSR count). The van der Waals surface area contributed by atoms with Gasteiger partial charge >= 0.3 is 0 Å². The maximum atomic E-state index is 10.6. The van der Waals surface area contributed by atoms with Crippen molar-refractivity contribution < 1.29 is 0 Å². The number of aryl methyl sites for hydroxylation is 1. The van der Waals surface area contributed by atoms with Gasteiger partial charge in [-0.3, -0.25) is 9.78 Å². The lowest BCUT2D eigenvalue weighted by molar-refractivity contribution is 1.04. The Hall–Kier alpha value is 0.990. The molecule has 2 N–H and O–H groups in total. The molecule has 0 unspecified atom stereocenters. The third kappa shape index (κ3) is 4.34. The maximum Gasteiger partial charge on any atom is 0.251 e. The van der Waals surface area contributed by atoms with Crippen molar-refractivity contribution in [1.29, 1.82) is 0 Å². The third-order valence-electron chi connectivity index (χ3n) is 1.45. The summed E-state index contributed by atoms with van der Waals surface area (Å²) in [6.07, 6.45) is 0. The highest BCUT2D eigenvalue weighted by atomic mass is 79.9. The van der Waals surface area contributed by atoms with Gasteiger partial charge in [0, 0.05) is 11.8 Å². The number of rotatable bonds is 0. The van der Waals surface area contributed by atoms with Crippen LogP contribution in [0.1, 0.15) is 5.69 Å². The first-order chi connectivity index (χ1) is 7.14. The number of thioether (sulfide) groups is 1. The fraction of sp³-hybridized carbons (Fsp3) is 0.429. The van der Waals surface area contributed by atoms with Gasteiger partial charge in [0.2, 0.25) is 0 Å². The molecule has 1 fully saturated rings. The van der Waals surface area contributed by atoms with Gasteiger partial charge in [-0.15, -0.1) is 0 Å². The summed E-state index contributed by atoms with van der Waals surface area (Å²) in [5.41, 5.74) is 0.625. The van der Waals surface area contributed by atoms with Crippen molar-refractivity contribution in [2.24, 2.45) is 0 Å². The Balaban J connectivity index is 0.000000165. The molecule has 1 aliphatic rings. The predicted molar refractivity (Wildman–Crippen MR) is 79.6 cm³/mol. The van der Waals surface area contributed by atoms with Crippen LogP contribution in [0.4, 0.5) is 0 Å². The van der Waals surface area contributed by atoms with Gasteiger partial charge in [0.25, 0.3) is 5.56 Å². The van der Waals surface area contributed by atoms with E-state index >= 15 is 0 Å². The molecular formula is C7H6Br2Cl2N2OS2. The molecule has 2 heterocycles. The summed E-state index contributed by atoms with van der Waals surface area (Å²) in [5, 5.41) is 0. The molecule has 3 nitrogen and oxygen atoms in total. The number of hydrogen-bond donors (Lipinski definition) is 2. The second-order valence-electron chi connectivity index (χ2n) is 2.91. The van der Waals surface area contributed by atoms with Crippen LogP contribution in [0.25, 0.3) is 0 Å². The van der Waals surface area contributed by atoms with Crippen LogP contribution in [-0.2, 0) is 0 Å². The second kappa shape index (κ2) is 5.32. The normalized spacial score (nSPS) is 19.6. The van der Waals surface area contributed by atoms with E-state index in [9.17, 15) is 4.79 Å². The summed E-state index contributed by atoms with van der Waals surface area (Å²) in [6, 6.07) is 1.45. The highest BCUT2D eigenvalue weighted by Gasteiger charge is 2.65. The van der Waals surface area contributed by atoms with Gasteiger partial charge in [-0.05, 0) is 19.1 Å². The van der Waals surface area contributed by atoms with Crippen molar-refractivity contribution in [3.63, 3.8) is 0 Å². The van der Waals surface area contributed by atoms with Crippen LogP contribution in [0.15, 0.2) is 10.9 Å². The van der Waals surface area contributed by atoms with Crippen molar-refractivity contribution in [2.45, 2.75) is 13.2 Å². The summed E-state index contributed by atoms with van der Waals surface area (Å²) in [6.45, 7) is 1.78. The minimum Gasteiger partial charge on any atom is -0.336 e. The lowest BCUT2D eigenvalue weighted by Gasteiger charge is -1.90. The fourth-order valence-electron chi connectivity index (χ4n) is 0.727. The van der Waals surface area contributed by atoms with Gasteiger partial charge in [0.15, 0.2) is 11.0 Å². The smallest absolute Gasteiger partial charge is 0.251 e. The molecule has 1 saturated heterocycles. The molecule has 0 aliphatic carbocycles. The van der Waals surface area contributed by atoms with Crippen molar-refractivity contribution in [1.82, 2.24) is 9.97 Å². The Kier molecular flexibility index (Phi) is 5.00. The standard InChI is InChI=1S/C5H6N2OS.C2Br2Cl2S/c1-3-2-4(8)7-5(9)6-3;3-1(4)2(5,6)7-1/h2H,1H3,(H2,6,7,8,9);. The predicted octanol–water partition coefficient (Wildman–Crippen LogP) is 4.05. The van der Waals surface area contributed by atoms with Crippen molar-refractivity contribution in [3.05, 3.63) is 26.9 Å². The SMILES string of the molecule is Cc1cc(=O)[nH]c(=S)[nH]1.ClC1(Cl)SC1(Br)Br. The largest absolute Gasteiger partial charge is 0.336 e. The zero-order valence-electron chi connectivity index (χ0n) is 7.81. The molecule has 9 heteroatoms. The quantitative estimate of drug-likeness (QED) is 0.372. The summed E-state index contributed by atoms with van der Waals surface area (Å²) < 4.78 is -0.566. The number of H-pyrrole nitrogens is 2. The Bertz CT molecular complexity index is 459. The van der Waals surface area contributed by atoms with Gasteiger partial charge in [-0.25, -0.2) is 0 Å². The van der Waals surface area contributed by atoms with Gasteiger partial charge in [0.1, 0.15) is 0 Å². The van der Waals surface area contributed by atoms with Crippen LogP contribution in [0.3, 0.4) is 0 Å². The Morgan fingerprint density at radius 3 is 2.12 bits per heavy atom. The minimum atomic E-state index is -0.660. The van der Waals surface area contributed by atoms with Crippen LogP contribution in [0.5, 0.6) is 0 Å². The summed E-state index contributed by atoms with van der Waals surface area (Å²) in [7, 11) is 0. The van der Waals surface area contributed by atoms with Crippen molar-refractivity contribution in [2.75, 3.05) is 0 Å². The van der Waals surface area contributed by atoms with E-state index in [2.05, 4.69) is 54.0 Å². The molecule has 1 aromatic rings. The molecule has 90 valence electrons. The molecule has 0 bridgehead atoms. The minimum absolute atomic E-state index is 0.156. The molecule has 1 aliphatic heterocycles. The summed E-state index contributed by atoms with van der Waals surface area (Å²) in [5.74, 6) is 0. The molecule has 0 spiro atoms. The van der Waals surface area contributed by atoms with E-state index < -0.39 is 3.67 Å². The first kappa shape index (κ1) is 15.0. The lowest BCUT2D eigenvalue weighted by Crippen LogP contribution is -2.05. The number of aromatic amines is 2. The van der Waals surface area contributed by atoms with E-state index in [1.54, 1.807) is 6.92 Å². The van der Waals surface area contributed by atoms with Gasteiger partial charge in [-0.2, -0.15) is 0 Å². The molecule has 16 heavy (non-hydrogen) atoms. The molecule has 0 radical (unpaired) electrons. The number of aromatic nitrogens is 2. The highest BCUT2D eigenvalue weighted by molar-refractivity contribution is 9.29. The molecule has 0 saturated carbocycles. The highest BCUT2D eigenvalue weighted by Crippen LogP contribution is 2.76. The lowest BCUT2D eigenvalue weighted by atomic mass is 10.5. The van der Waals surface area contributed by atoms with Gasteiger partial charge in [-0.1, -0.05) is 66.8 Å². The Morgan fingerprint density at radius 2 is 1.88 bits per heavy atom. The average molecular weight is 429 g/mol. The summed E-state index contributed by atoms with van der Waals surface area (Å²) in [4.78, 5) is 15.8. The van der Waals surface area contributed by atoms with E-state index in [1.165, 1.54) is 17.8 Å². The average Bonchev–Trinajstić information content (AvgIpc) is 2.43. The van der Waals surface area contributed by atoms with Crippen LogP contribution in [0, 0.1) is 11.7 Å². The van der Waals surface area contributed by atoms with E-state index in [-0.39, 0.29) is 8.12 Å². The number of halogens is 4. The van der Waals surface area contributed by atoms with Gasteiger partial charge in [0.05, 0.1) is 0 Å². The van der Waals surface area contributed by atoms with Crippen LogP contribution in [0.2, 0.25) is 0 Å². The fourth-order valence-corrected chi connectivity index (χ4v) is 4.53. The zero-order chi connectivity index (χ0) is 12.6. The van der Waals surface area contributed by atoms with E-state index in [1.807, 2.05) is 0 Å². The zero-order valence-corrected chi connectivity index (χ0v) is 14.1. The Labute approximate surface area is 128 Å². The van der Waals surface area contributed by atoms with Crippen LogP contribution >= 0.6 is 79.0 Å². The molecule has 1 aromatic heterocycles.